The number of carbonyl (C=O) groups excluding carboxylic acids is 2. The van der Waals surface area contributed by atoms with Crippen molar-refractivity contribution in [3.8, 4) is 17.0 Å². The maximum Gasteiger partial charge on any atom is 0.344 e. The molecule has 2 aromatic carbocycles. The number of hydrogen-bond donors (Lipinski definition) is 0. The van der Waals surface area contributed by atoms with Crippen LogP contribution in [-0.2, 0) is 16.1 Å². The standard InChI is InChI=1S/C34H38FN3O4S/c1-21-7-10-27(42-18-24-9-8-23(16-22(24)2)30(39)37-13-5-4-6-14-37)25(15-21)26-19-43-32(36-26)38-17-29-33(20-38)12-11-28(33)34(29,35)31(40)41-3/h7-10,15-16,19,28-29H,4-6,11-14,17-18,20H2,1-3H3. The molecule has 1 aromatic heterocycles. The van der Waals surface area contributed by atoms with E-state index in [1.807, 2.05) is 54.5 Å². The lowest BCUT2D eigenvalue weighted by Gasteiger charge is -2.66. The highest BCUT2D eigenvalue weighted by molar-refractivity contribution is 7.14. The second kappa shape index (κ2) is 10.6. The molecular weight excluding hydrogens is 565 g/mol. The van der Waals surface area contributed by atoms with Gasteiger partial charge in [-0.25, -0.2) is 14.2 Å². The fourth-order valence-electron chi connectivity index (χ4n) is 8.04. The molecule has 4 atom stereocenters. The first-order valence-corrected chi connectivity index (χ1v) is 16.2. The molecule has 2 aliphatic heterocycles. The summed E-state index contributed by atoms with van der Waals surface area (Å²) in [5.41, 5.74) is 3.60. The van der Waals surface area contributed by atoms with Crippen molar-refractivity contribution in [3.63, 3.8) is 0 Å². The Morgan fingerprint density at radius 3 is 2.63 bits per heavy atom. The average molecular weight is 604 g/mol. The predicted molar refractivity (Wildman–Crippen MR) is 164 cm³/mol. The Hall–Kier alpha value is -3.46. The normalized spacial score (nSPS) is 27.5. The molecule has 3 heterocycles. The lowest BCUT2D eigenvalue weighted by molar-refractivity contribution is -0.251. The number of aromatic nitrogens is 1. The minimum absolute atomic E-state index is 0.108. The van der Waals surface area contributed by atoms with Crippen LogP contribution in [0.1, 0.15) is 59.2 Å². The monoisotopic (exact) mass is 603 g/mol. The van der Waals surface area contributed by atoms with E-state index >= 15 is 4.39 Å². The molecule has 9 heteroatoms. The summed E-state index contributed by atoms with van der Waals surface area (Å²) in [7, 11) is 1.28. The summed E-state index contributed by atoms with van der Waals surface area (Å²) in [6.45, 7) is 7.32. The van der Waals surface area contributed by atoms with Gasteiger partial charge in [0.15, 0.2) is 5.13 Å². The van der Waals surface area contributed by atoms with Gasteiger partial charge in [-0.15, -0.1) is 11.3 Å². The van der Waals surface area contributed by atoms with Crippen LogP contribution in [0.3, 0.4) is 0 Å². The fourth-order valence-corrected chi connectivity index (χ4v) is 8.88. The Morgan fingerprint density at radius 1 is 1.09 bits per heavy atom. The number of ether oxygens (including phenoxy) is 2. The molecule has 0 radical (unpaired) electrons. The number of likely N-dealkylation sites (tertiary alicyclic amines) is 1. The summed E-state index contributed by atoms with van der Waals surface area (Å²) in [5, 5.41) is 2.87. The van der Waals surface area contributed by atoms with E-state index in [4.69, 9.17) is 14.5 Å². The summed E-state index contributed by atoms with van der Waals surface area (Å²) in [6.07, 6.45) is 5.02. The van der Waals surface area contributed by atoms with Crippen LogP contribution in [0.5, 0.6) is 5.75 Å². The molecule has 0 N–H and O–H groups in total. The third-order valence-electron chi connectivity index (χ3n) is 10.5. The molecule has 1 amide bonds. The van der Waals surface area contributed by atoms with Gasteiger partial charge in [0.2, 0.25) is 5.67 Å². The van der Waals surface area contributed by atoms with E-state index in [2.05, 4.69) is 11.0 Å². The van der Waals surface area contributed by atoms with E-state index in [0.717, 1.165) is 89.7 Å². The third-order valence-corrected chi connectivity index (χ3v) is 11.4. The van der Waals surface area contributed by atoms with Gasteiger partial charge in [-0.3, -0.25) is 4.79 Å². The summed E-state index contributed by atoms with van der Waals surface area (Å²) < 4.78 is 27.1. The minimum atomic E-state index is -1.88. The van der Waals surface area contributed by atoms with Gasteiger partial charge in [-0.05, 0) is 81.3 Å². The van der Waals surface area contributed by atoms with Gasteiger partial charge in [-0.2, -0.15) is 0 Å². The zero-order chi connectivity index (χ0) is 29.9. The number of esters is 1. The third kappa shape index (κ3) is 4.45. The topological polar surface area (TPSA) is 72.0 Å². The quantitative estimate of drug-likeness (QED) is 0.293. The Bertz CT molecular complexity index is 1590. The van der Waals surface area contributed by atoms with Gasteiger partial charge in [0.1, 0.15) is 12.4 Å². The van der Waals surface area contributed by atoms with Crippen molar-refractivity contribution in [2.75, 3.05) is 38.2 Å². The summed E-state index contributed by atoms with van der Waals surface area (Å²) in [6, 6.07) is 12.0. The maximum absolute atomic E-state index is 15.8. The van der Waals surface area contributed by atoms with Crippen LogP contribution in [0.15, 0.2) is 41.8 Å². The smallest absolute Gasteiger partial charge is 0.344 e. The number of nitrogens with zero attached hydrogens (tertiary/aromatic N) is 3. The number of aryl methyl sites for hydroxylation is 2. The van der Waals surface area contributed by atoms with Crippen LogP contribution in [0.25, 0.3) is 11.3 Å². The lowest BCUT2D eigenvalue weighted by atomic mass is 9.37. The second-order valence-electron chi connectivity index (χ2n) is 12.8. The second-order valence-corrected chi connectivity index (χ2v) is 13.7. The van der Waals surface area contributed by atoms with Gasteiger partial charge in [0.05, 0.1) is 12.8 Å². The van der Waals surface area contributed by atoms with Gasteiger partial charge in [0.25, 0.3) is 5.91 Å². The Balaban J connectivity index is 1.07. The number of anilines is 1. The van der Waals surface area contributed by atoms with Crippen molar-refractivity contribution >= 4 is 28.3 Å². The number of thiazole rings is 1. The zero-order valence-corrected chi connectivity index (χ0v) is 25.8. The number of halogens is 1. The number of hydrogen-bond acceptors (Lipinski definition) is 7. The first-order chi connectivity index (χ1) is 20.7. The molecule has 7 rings (SSSR count). The summed E-state index contributed by atoms with van der Waals surface area (Å²) in [4.78, 5) is 34.5. The van der Waals surface area contributed by atoms with Crippen molar-refractivity contribution in [2.45, 2.75) is 58.2 Å². The first kappa shape index (κ1) is 28.3. The van der Waals surface area contributed by atoms with E-state index < -0.39 is 11.6 Å². The van der Waals surface area contributed by atoms with Gasteiger partial charge in [-0.1, -0.05) is 17.7 Å². The molecular formula is C34H38FN3O4S. The lowest BCUT2D eigenvalue weighted by Crippen LogP contribution is -2.75. The van der Waals surface area contributed by atoms with Gasteiger partial charge >= 0.3 is 5.97 Å². The van der Waals surface area contributed by atoms with E-state index in [-0.39, 0.29) is 23.2 Å². The Morgan fingerprint density at radius 2 is 1.91 bits per heavy atom. The minimum Gasteiger partial charge on any atom is -0.488 e. The van der Waals surface area contributed by atoms with Crippen molar-refractivity contribution < 1.29 is 23.5 Å². The number of benzene rings is 2. The van der Waals surface area contributed by atoms with Crippen LogP contribution < -0.4 is 9.64 Å². The molecule has 1 spiro atoms. The Labute approximate surface area is 256 Å². The number of piperidine rings is 1. The van der Waals surface area contributed by atoms with E-state index in [9.17, 15) is 9.59 Å². The fraction of sp³-hybridized carbons (Fsp3) is 0.500. The van der Waals surface area contributed by atoms with Crippen LogP contribution in [0, 0.1) is 31.1 Å². The van der Waals surface area contributed by atoms with Crippen LogP contribution in [0.4, 0.5) is 9.52 Å². The zero-order valence-electron chi connectivity index (χ0n) is 25.0. The van der Waals surface area contributed by atoms with Crippen molar-refractivity contribution in [1.29, 1.82) is 0 Å². The van der Waals surface area contributed by atoms with Crippen LogP contribution in [0.2, 0.25) is 0 Å². The van der Waals surface area contributed by atoms with Crippen molar-refractivity contribution in [2.24, 2.45) is 17.3 Å². The molecule has 4 unspecified atom stereocenters. The van der Waals surface area contributed by atoms with Crippen molar-refractivity contribution in [1.82, 2.24) is 9.88 Å². The highest BCUT2D eigenvalue weighted by atomic mass is 32.1. The highest BCUT2D eigenvalue weighted by Crippen LogP contribution is 2.74. The van der Waals surface area contributed by atoms with Gasteiger partial charge < -0.3 is 19.3 Å². The number of alkyl halides is 1. The van der Waals surface area contributed by atoms with Crippen LogP contribution >= 0.6 is 11.3 Å². The molecule has 3 aromatic rings. The molecule has 2 saturated heterocycles. The van der Waals surface area contributed by atoms with E-state index in [1.54, 1.807) is 11.3 Å². The van der Waals surface area contributed by atoms with Gasteiger partial charge in [0, 0.05) is 59.9 Å². The molecule has 43 heavy (non-hydrogen) atoms. The van der Waals surface area contributed by atoms with E-state index in [0.29, 0.717) is 13.2 Å². The SMILES string of the molecule is COC(=O)C1(F)C2CCC23CN(c2nc(-c4cc(C)ccc4OCc4ccc(C(=O)N5CCCCC5)cc4C)cs2)CC31. The molecule has 2 saturated carbocycles. The first-order valence-electron chi connectivity index (χ1n) is 15.3. The summed E-state index contributed by atoms with van der Waals surface area (Å²) >= 11 is 1.54. The number of carbonyl (C=O) groups is 2. The largest absolute Gasteiger partial charge is 0.488 e. The molecule has 2 aliphatic carbocycles. The summed E-state index contributed by atoms with van der Waals surface area (Å²) in [5.74, 6) is -0.473. The highest BCUT2D eigenvalue weighted by Gasteiger charge is 2.81. The molecule has 226 valence electrons. The number of rotatable bonds is 7. The average Bonchev–Trinajstić information content (AvgIpc) is 3.66. The molecule has 0 bridgehead atoms. The molecule has 7 nitrogen and oxygen atoms in total. The number of methoxy groups -OCH3 is 1. The van der Waals surface area contributed by atoms with E-state index in [1.165, 1.54) is 13.5 Å². The Kier molecular flexibility index (Phi) is 6.99. The molecule has 4 aliphatic rings. The maximum atomic E-state index is 15.8. The number of amides is 1. The van der Waals surface area contributed by atoms with Crippen LogP contribution in [-0.4, -0.2) is 60.7 Å². The predicted octanol–water partition coefficient (Wildman–Crippen LogP) is 6.36. The molecule has 4 fully saturated rings. The van der Waals surface area contributed by atoms with Crippen molar-refractivity contribution in [3.05, 3.63) is 64.0 Å².